The lowest BCUT2D eigenvalue weighted by Gasteiger charge is -2.13. The molecule has 2 aromatic carbocycles. The molecule has 0 N–H and O–H groups in total. The molecule has 0 aliphatic heterocycles. The van der Waals surface area contributed by atoms with Crippen molar-refractivity contribution in [3.8, 4) is 0 Å². The summed E-state index contributed by atoms with van der Waals surface area (Å²) in [6, 6.07) is 6.38. The quantitative estimate of drug-likeness (QED) is 0.496. The molecule has 0 saturated carbocycles. The summed E-state index contributed by atoms with van der Waals surface area (Å²) < 4.78 is 40.7. The smallest absolute Gasteiger partial charge is 0.137 e. The highest BCUT2D eigenvalue weighted by atomic mass is 79.9. The summed E-state index contributed by atoms with van der Waals surface area (Å²) in [5.74, 6) is -1.69. The molecule has 1 unspecified atom stereocenters. The molecule has 0 radical (unpaired) electrons. The van der Waals surface area contributed by atoms with Gasteiger partial charge >= 0.3 is 0 Å². The molecule has 2 aromatic rings. The van der Waals surface area contributed by atoms with E-state index in [1.807, 2.05) is 0 Å². The van der Waals surface area contributed by atoms with Crippen molar-refractivity contribution in [2.45, 2.75) is 12.3 Å². The molecular formula is C14H9BrClF3. The molecule has 0 bridgehead atoms. The monoisotopic (exact) mass is 348 g/mol. The lowest BCUT2D eigenvalue weighted by Crippen LogP contribution is -2.00. The summed E-state index contributed by atoms with van der Waals surface area (Å²) >= 11 is 8.99. The molecule has 1 atom stereocenters. The van der Waals surface area contributed by atoms with Crippen LogP contribution in [-0.2, 0) is 0 Å². The van der Waals surface area contributed by atoms with Crippen molar-refractivity contribution in [2.75, 3.05) is 0 Å². The summed E-state index contributed by atoms with van der Waals surface area (Å²) in [7, 11) is 0. The molecular weight excluding hydrogens is 341 g/mol. The van der Waals surface area contributed by atoms with Crippen LogP contribution in [0, 0.1) is 24.4 Å². The van der Waals surface area contributed by atoms with E-state index in [1.165, 1.54) is 6.07 Å². The van der Waals surface area contributed by atoms with Gasteiger partial charge in [-0.15, -0.1) is 11.6 Å². The van der Waals surface area contributed by atoms with Crippen LogP contribution in [0.25, 0.3) is 0 Å². The predicted octanol–water partition coefficient (Wildman–Crippen LogP) is 5.50. The molecule has 0 spiro atoms. The maximum Gasteiger partial charge on any atom is 0.137 e. The van der Waals surface area contributed by atoms with Gasteiger partial charge in [0, 0.05) is 5.56 Å². The summed E-state index contributed by atoms with van der Waals surface area (Å²) in [6.45, 7) is 1.61. The first-order valence-electron chi connectivity index (χ1n) is 5.44. The van der Waals surface area contributed by atoms with Gasteiger partial charge in [-0.3, -0.25) is 0 Å². The van der Waals surface area contributed by atoms with Gasteiger partial charge in [0.25, 0.3) is 0 Å². The minimum absolute atomic E-state index is 0.0210. The standard InChI is InChI=1S/C14H9BrClF3/c1-7-2-3-8(4-11(7)17)14(16)9-5-13(19)10(15)6-12(9)18/h2-6,14H,1H3. The van der Waals surface area contributed by atoms with Crippen molar-refractivity contribution >= 4 is 27.5 Å². The summed E-state index contributed by atoms with van der Waals surface area (Å²) in [5.41, 5.74) is 0.825. The molecule has 19 heavy (non-hydrogen) atoms. The van der Waals surface area contributed by atoms with Gasteiger partial charge in [-0.25, -0.2) is 13.2 Å². The Kier molecular flexibility index (Phi) is 4.21. The highest BCUT2D eigenvalue weighted by Gasteiger charge is 2.18. The number of hydrogen-bond donors (Lipinski definition) is 0. The molecule has 0 nitrogen and oxygen atoms in total. The third-order valence-electron chi connectivity index (χ3n) is 2.80. The Morgan fingerprint density at radius 3 is 2.32 bits per heavy atom. The predicted molar refractivity (Wildman–Crippen MR) is 72.9 cm³/mol. The van der Waals surface area contributed by atoms with Gasteiger partial charge in [-0.1, -0.05) is 12.1 Å². The average Bonchev–Trinajstić information content (AvgIpc) is 2.36. The minimum Gasteiger partial charge on any atom is -0.207 e. The van der Waals surface area contributed by atoms with Crippen LogP contribution in [-0.4, -0.2) is 0 Å². The Labute approximate surface area is 122 Å². The second-order valence-electron chi connectivity index (χ2n) is 4.16. The fourth-order valence-electron chi connectivity index (χ4n) is 1.68. The fraction of sp³-hybridized carbons (Fsp3) is 0.143. The summed E-state index contributed by atoms with van der Waals surface area (Å²) in [5, 5.41) is -0.947. The van der Waals surface area contributed by atoms with Crippen molar-refractivity contribution in [1.82, 2.24) is 0 Å². The van der Waals surface area contributed by atoms with Crippen LogP contribution < -0.4 is 0 Å². The van der Waals surface area contributed by atoms with Crippen molar-refractivity contribution in [3.05, 3.63) is 68.9 Å². The number of rotatable bonds is 2. The topological polar surface area (TPSA) is 0 Å². The van der Waals surface area contributed by atoms with E-state index >= 15 is 0 Å². The van der Waals surface area contributed by atoms with Crippen molar-refractivity contribution in [1.29, 1.82) is 0 Å². The van der Waals surface area contributed by atoms with Gasteiger partial charge in [-0.05, 0) is 52.2 Å². The van der Waals surface area contributed by atoms with Gasteiger partial charge in [0.15, 0.2) is 0 Å². The average molecular weight is 350 g/mol. The largest absolute Gasteiger partial charge is 0.207 e. The molecule has 0 aromatic heterocycles. The zero-order chi connectivity index (χ0) is 14.2. The molecule has 5 heteroatoms. The van der Waals surface area contributed by atoms with E-state index in [-0.39, 0.29) is 10.0 Å². The van der Waals surface area contributed by atoms with Gasteiger partial charge in [-0.2, -0.15) is 0 Å². The van der Waals surface area contributed by atoms with Crippen LogP contribution in [0.4, 0.5) is 13.2 Å². The molecule has 2 rings (SSSR count). The zero-order valence-electron chi connectivity index (χ0n) is 9.85. The number of halogens is 5. The normalized spacial score (nSPS) is 12.5. The van der Waals surface area contributed by atoms with Gasteiger partial charge in [0.05, 0.1) is 9.85 Å². The first-order valence-corrected chi connectivity index (χ1v) is 6.67. The van der Waals surface area contributed by atoms with Crippen molar-refractivity contribution in [3.63, 3.8) is 0 Å². The Hall–Kier alpha value is -1.00. The number of aryl methyl sites for hydroxylation is 1. The SMILES string of the molecule is Cc1ccc(C(Cl)c2cc(F)c(Br)cc2F)cc1F. The first kappa shape index (κ1) is 14.4. The Bertz CT molecular complexity index is 628. The highest BCUT2D eigenvalue weighted by Crippen LogP contribution is 2.33. The van der Waals surface area contributed by atoms with Gasteiger partial charge < -0.3 is 0 Å². The molecule has 0 aliphatic rings. The maximum absolute atomic E-state index is 13.8. The first-order chi connectivity index (χ1) is 8.90. The third kappa shape index (κ3) is 2.95. The second-order valence-corrected chi connectivity index (χ2v) is 5.45. The molecule has 0 amide bonds. The lowest BCUT2D eigenvalue weighted by molar-refractivity contribution is 0.581. The number of hydrogen-bond acceptors (Lipinski definition) is 0. The van der Waals surface area contributed by atoms with Crippen molar-refractivity contribution in [2.24, 2.45) is 0 Å². The van der Waals surface area contributed by atoms with E-state index in [2.05, 4.69) is 15.9 Å². The van der Waals surface area contributed by atoms with E-state index in [0.29, 0.717) is 11.1 Å². The fourth-order valence-corrected chi connectivity index (χ4v) is 2.30. The van der Waals surface area contributed by atoms with E-state index in [4.69, 9.17) is 11.6 Å². The molecule has 0 heterocycles. The third-order valence-corrected chi connectivity index (χ3v) is 3.90. The highest BCUT2D eigenvalue weighted by molar-refractivity contribution is 9.10. The molecule has 100 valence electrons. The Morgan fingerprint density at radius 2 is 1.68 bits per heavy atom. The van der Waals surface area contributed by atoms with E-state index in [9.17, 15) is 13.2 Å². The lowest BCUT2D eigenvalue weighted by atomic mass is 10.0. The van der Waals surface area contributed by atoms with Crippen LogP contribution in [0.5, 0.6) is 0 Å². The summed E-state index contributed by atoms with van der Waals surface area (Å²) in [6.07, 6.45) is 0. The van der Waals surface area contributed by atoms with Crippen LogP contribution in [0.15, 0.2) is 34.8 Å². The molecule has 0 saturated heterocycles. The van der Waals surface area contributed by atoms with Gasteiger partial charge in [0.1, 0.15) is 17.5 Å². The molecule has 0 fully saturated rings. The van der Waals surface area contributed by atoms with Gasteiger partial charge in [0.2, 0.25) is 0 Å². The Balaban J connectivity index is 2.46. The van der Waals surface area contributed by atoms with E-state index < -0.39 is 22.8 Å². The number of benzene rings is 2. The van der Waals surface area contributed by atoms with Crippen LogP contribution in [0.1, 0.15) is 22.1 Å². The minimum atomic E-state index is -0.947. The summed E-state index contributed by atoms with van der Waals surface area (Å²) in [4.78, 5) is 0. The Morgan fingerprint density at radius 1 is 1.00 bits per heavy atom. The zero-order valence-corrected chi connectivity index (χ0v) is 12.2. The van der Waals surface area contributed by atoms with Crippen LogP contribution >= 0.6 is 27.5 Å². The second kappa shape index (κ2) is 5.55. The van der Waals surface area contributed by atoms with E-state index in [1.54, 1.807) is 19.1 Å². The van der Waals surface area contributed by atoms with Crippen LogP contribution in [0.2, 0.25) is 0 Å². The van der Waals surface area contributed by atoms with Crippen LogP contribution in [0.3, 0.4) is 0 Å². The van der Waals surface area contributed by atoms with E-state index in [0.717, 1.165) is 12.1 Å². The number of alkyl halides is 1. The molecule has 0 aliphatic carbocycles. The van der Waals surface area contributed by atoms with Crippen molar-refractivity contribution < 1.29 is 13.2 Å². The maximum atomic E-state index is 13.8.